The molecule has 0 aromatic heterocycles. The molecular formula is C21H32N2O3S. The SMILES string of the molecule is C=C(C)COc1cc(CNCC2(N3CCOCC3)CCSC2)ccc1OC. The van der Waals surface area contributed by atoms with Crippen LogP contribution in [0.1, 0.15) is 18.9 Å². The van der Waals surface area contributed by atoms with E-state index >= 15 is 0 Å². The zero-order valence-corrected chi connectivity index (χ0v) is 17.4. The highest BCUT2D eigenvalue weighted by molar-refractivity contribution is 7.99. The fraction of sp³-hybridized carbons (Fsp3) is 0.619. The molecule has 2 aliphatic rings. The van der Waals surface area contributed by atoms with E-state index in [1.54, 1.807) is 7.11 Å². The third-order valence-corrected chi connectivity index (χ3v) is 6.48. The molecular weight excluding hydrogens is 360 g/mol. The minimum Gasteiger partial charge on any atom is -0.493 e. The minimum absolute atomic E-state index is 0.264. The molecule has 2 saturated heterocycles. The van der Waals surface area contributed by atoms with Crippen molar-refractivity contribution in [1.29, 1.82) is 0 Å². The Morgan fingerprint density at radius 1 is 1.33 bits per heavy atom. The quantitative estimate of drug-likeness (QED) is 0.652. The van der Waals surface area contributed by atoms with Crippen LogP contribution in [0.25, 0.3) is 0 Å². The van der Waals surface area contributed by atoms with Gasteiger partial charge in [0.05, 0.1) is 20.3 Å². The summed E-state index contributed by atoms with van der Waals surface area (Å²) in [5.41, 5.74) is 2.46. The van der Waals surface area contributed by atoms with Gasteiger partial charge in [0.1, 0.15) is 6.61 Å². The van der Waals surface area contributed by atoms with Crippen LogP contribution in [-0.4, -0.2) is 68.5 Å². The summed E-state index contributed by atoms with van der Waals surface area (Å²) < 4.78 is 16.8. The molecule has 1 unspecified atom stereocenters. The van der Waals surface area contributed by atoms with Crippen LogP contribution in [0.4, 0.5) is 0 Å². The highest BCUT2D eigenvalue weighted by Crippen LogP contribution is 2.34. The zero-order valence-electron chi connectivity index (χ0n) is 16.6. The van der Waals surface area contributed by atoms with E-state index in [1.807, 2.05) is 13.0 Å². The van der Waals surface area contributed by atoms with Crippen molar-refractivity contribution in [3.05, 3.63) is 35.9 Å². The number of ether oxygens (including phenoxy) is 3. The molecule has 2 aliphatic heterocycles. The van der Waals surface area contributed by atoms with Gasteiger partial charge in [-0.15, -0.1) is 0 Å². The average Bonchev–Trinajstić information content (AvgIpc) is 3.17. The molecule has 6 heteroatoms. The minimum atomic E-state index is 0.264. The van der Waals surface area contributed by atoms with Crippen LogP contribution in [0.15, 0.2) is 30.4 Å². The van der Waals surface area contributed by atoms with Crippen molar-refractivity contribution in [3.63, 3.8) is 0 Å². The van der Waals surface area contributed by atoms with E-state index in [1.165, 1.54) is 23.5 Å². The predicted molar refractivity (Wildman–Crippen MR) is 112 cm³/mol. The number of thioether (sulfide) groups is 1. The molecule has 2 fully saturated rings. The maximum absolute atomic E-state index is 5.85. The molecule has 0 spiro atoms. The van der Waals surface area contributed by atoms with Crippen LogP contribution in [-0.2, 0) is 11.3 Å². The molecule has 3 rings (SSSR count). The number of morpholine rings is 1. The van der Waals surface area contributed by atoms with Crippen LogP contribution >= 0.6 is 11.8 Å². The summed E-state index contributed by atoms with van der Waals surface area (Å²) in [6.07, 6.45) is 1.25. The van der Waals surface area contributed by atoms with Crippen molar-refractivity contribution in [3.8, 4) is 11.5 Å². The van der Waals surface area contributed by atoms with Gasteiger partial charge in [-0.1, -0.05) is 12.6 Å². The van der Waals surface area contributed by atoms with Crippen molar-refractivity contribution in [2.75, 3.05) is 58.1 Å². The lowest BCUT2D eigenvalue weighted by Crippen LogP contribution is -2.58. The van der Waals surface area contributed by atoms with Crippen LogP contribution in [0.5, 0.6) is 11.5 Å². The second-order valence-corrected chi connectivity index (χ2v) is 8.57. The van der Waals surface area contributed by atoms with Gasteiger partial charge in [0.25, 0.3) is 0 Å². The highest BCUT2D eigenvalue weighted by atomic mass is 32.2. The third kappa shape index (κ3) is 5.41. The first-order valence-corrected chi connectivity index (χ1v) is 10.8. The molecule has 0 amide bonds. The molecule has 0 saturated carbocycles. The van der Waals surface area contributed by atoms with Crippen molar-refractivity contribution in [2.24, 2.45) is 0 Å². The smallest absolute Gasteiger partial charge is 0.161 e. The van der Waals surface area contributed by atoms with Crippen LogP contribution in [0.2, 0.25) is 0 Å². The topological polar surface area (TPSA) is 43.0 Å². The monoisotopic (exact) mass is 392 g/mol. The van der Waals surface area contributed by atoms with Gasteiger partial charge in [0.2, 0.25) is 0 Å². The third-order valence-electron chi connectivity index (χ3n) is 5.25. The Hall–Kier alpha value is -1.21. The van der Waals surface area contributed by atoms with E-state index in [4.69, 9.17) is 14.2 Å². The van der Waals surface area contributed by atoms with Crippen molar-refractivity contribution < 1.29 is 14.2 Å². The standard InChI is InChI=1S/C21H32N2O3S/c1-17(2)14-26-20-12-18(4-5-19(20)24-3)13-22-15-21(6-11-27-16-21)23-7-9-25-10-8-23/h4-5,12,22H,1,6-11,13-16H2,2-3H3. The number of benzene rings is 1. The van der Waals surface area contributed by atoms with E-state index in [2.05, 4.69) is 40.7 Å². The fourth-order valence-electron chi connectivity index (χ4n) is 3.72. The number of rotatable bonds is 9. The van der Waals surface area contributed by atoms with E-state index in [-0.39, 0.29) is 5.54 Å². The fourth-order valence-corrected chi connectivity index (χ4v) is 5.20. The molecule has 0 bridgehead atoms. The second-order valence-electron chi connectivity index (χ2n) is 7.46. The summed E-state index contributed by atoms with van der Waals surface area (Å²) >= 11 is 2.07. The highest BCUT2D eigenvalue weighted by Gasteiger charge is 2.40. The Morgan fingerprint density at radius 3 is 2.81 bits per heavy atom. The first-order valence-electron chi connectivity index (χ1n) is 9.68. The summed E-state index contributed by atoms with van der Waals surface area (Å²) in [7, 11) is 1.67. The molecule has 27 heavy (non-hydrogen) atoms. The molecule has 1 atom stereocenters. The van der Waals surface area contributed by atoms with Crippen molar-refractivity contribution >= 4 is 11.8 Å². The largest absolute Gasteiger partial charge is 0.493 e. The Balaban J connectivity index is 1.60. The Kier molecular flexibility index (Phi) is 7.47. The molecule has 1 aromatic carbocycles. The number of nitrogens with zero attached hydrogens (tertiary/aromatic N) is 1. The van der Waals surface area contributed by atoms with Gasteiger partial charge in [-0.25, -0.2) is 0 Å². The summed E-state index contributed by atoms with van der Waals surface area (Å²) in [6.45, 7) is 12.0. The summed E-state index contributed by atoms with van der Waals surface area (Å²) in [5.74, 6) is 3.99. The molecule has 1 N–H and O–H groups in total. The van der Waals surface area contributed by atoms with E-state index in [9.17, 15) is 0 Å². The van der Waals surface area contributed by atoms with Gasteiger partial charge in [0, 0.05) is 37.5 Å². The van der Waals surface area contributed by atoms with E-state index < -0.39 is 0 Å². The van der Waals surface area contributed by atoms with E-state index in [0.717, 1.165) is 56.5 Å². The lowest BCUT2D eigenvalue weighted by atomic mass is 9.95. The molecule has 0 aliphatic carbocycles. The Labute approximate surface area is 167 Å². The van der Waals surface area contributed by atoms with Gasteiger partial charge in [0.15, 0.2) is 11.5 Å². The van der Waals surface area contributed by atoms with Gasteiger partial charge in [-0.05, 0) is 42.4 Å². The molecule has 150 valence electrons. The molecule has 0 radical (unpaired) electrons. The van der Waals surface area contributed by atoms with Gasteiger partial charge in [-0.2, -0.15) is 11.8 Å². The molecule has 1 aromatic rings. The first-order chi connectivity index (χ1) is 13.1. The predicted octanol–water partition coefficient (Wildman–Crippen LogP) is 2.95. The van der Waals surface area contributed by atoms with Gasteiger partial charge >= 0.3 is 0 Å². The number of hydrogen-bond acceptors (Lipinski definition) is 6. The van der Waals surface area contributed by atoms with Gasteiger partial charge < -0.3 is 19.5 Å². The number of hydrogen-bond donors (Lipinski definition) is 1. The normalized spacial score (nSPS) is 23.3. The lowest BCUT2D eigenvalue weighted by molar-refractivity contribution is -0.0134. The van der Waals surface area contributed by atoms with Crippen molar-refractivity contribution in [1.82, 2.24) is 10.2 Å². The summed E-state index contributed by atoms with van der Waals surface area (Å²) in [5, 5.41) is 3.70. The maximum Gasteiger partial charge on any atom is 0.161 e. The second kappa shape index (κ2) is 9.82. The van der Waals surface area contributed by atoms with E-state index in [0.29, 0.717) is 6.61 Å². The number of nitrogens with one attached hydrogen (secondary N) is 1. The first kappa shape index (κ1) is 20.5. The summed E-state index contributed by atoms with van der Waals surface area (Å²) in [6, 6.07) is 6.15. The van der Waals surface area contributed by atoms with Gasteiger partial charge in [-0.3, -0.25) is 4.90 Å². The maximum atomic E-state index is 5.85. The lowest BCUT2D eigenvalue weighted by Gasteiger charge is -2.43. The van der Waals surface area contributed by atoms with Crippen molar-refractivity contribution in [2.45, 2.75) is 25.4 Å². The summed E-state index contributed by atoms with van der Waals surface area (Å²) in [4.78, 5) is 2.64. The molecule has 5 nitrogen and oxygen atoms in total. The zero-order chi connectivity index (χ0) is 19.1. The molecule has 2 heterocycles. The average molecular weight is 393 g/mol. The van der Waals surface area contributed by atoms with Crippen LogP contribution in [0, 0.1) is 0 Å². The van der Waals surface area contributed by atoms with Crippen LogP contribution in [0.3, 0.4) is 0 Å². The van der Waals surface area contributed by atoms with Crippen LogP contribution < -0.4 is 14.8 Å². The number of methoxy groups -OCH3 is 1. The Morgan fingerprint density at radius 2 is 2.15 bits per heavy atom. The Bertz CT molecular complexity index is 626.